The molecular formula is C43H25NO3. The summed E-state index contributed by atoms with van der Waals surface area (Å²) < 4.78 is 14.5. The highest BCUT2D eigenvalue weighted by Crippen LogP contribution is 2.40. The minimum atomic E-state index is -0.348. The monoisotopic (exact) mass is 603 g/mol. The van der Waals surface area contributed by atoms with Gasteiger partial charge in [-0.1, -0.05) is 97.1 Å². The van der Waals surface area contributed by atoms with E-state index in [1.54, 1.807) is 0 Å². The van der Waals surface area contributed by atoms with Crippen molar-refractivity contribution in [3.05, 3.63) is 162 Å². The van der Waals surface area contributed by atoms with Crippen LogP contribution in [0.15, 0.2) is 165 Å². The maximum atomic E-state index is 13.9. The van der Waals surface area contributed by atoms with E-state index in [-0.39, 0.29) is 5.63 Å². The first kappa shape index (κ1) is 25.9. The molecule has 3 heterocycles. The lowest BCUT2D eigenvalue weighted by Crippen LogP contribution is -2.02. The molecule has 47 heavy (non-hydrogen) atoms. The predicted octanol–water partition coefficient (Wildman–Crippen LogP) is 11.3. The molecule has 4 nitrogen and oxygen atoms in total. The molecule has 0 saturated carbocycles. The molecule has 0 bridgehead atoms. The Kier molecular flexibility index (Phi) is 5.40. The molecular weight excluding hydrogens is 578 g/mol. The summed E-state index contributed by atoms with van der Waals surface area (Å²) in [6.45, 7) is 0. The number of hydrogen-bond acceptors (Lipinski definition) is 3. The molecule has 0 unspecified atom stereocenters. The van der Waals surface area contributed by atoms with Gasteiger partial charge in [-0.3, -0.25) is 0 Å². The summed E-state index contributed by atoms with van der Waals surface area (Å²) in [5.41, 5.74) is 9.10. The van der Waals surface area contributed by atoms with E-state index in [9.17, 15) is 4.79 Å². The van der Waals surface area contributed by atoms with Gasteiger partial charge in [-0.2, -0.15) is 0 Å². The van der Waals surface area contributed by atoms with Crippen LogP contribution in [0.3, 0.4) is 0 Å². The van der Waals surface area contributed by atoms with Gasteiger partial charge in [0.2, 0.25) is 0 Å². The van der Waals surface area contributed by atoms with Gasteiger partial charge in [0.15, 0.2) is 0 Å². The van der Waals surface area contributed by atoms with Gasteiger partial charge < -0.3 is 13.4 Å². The van der Waals surface area contributed by atoms with Crippen molar-refractivity contribution >= 4 is 65.5 Å². The number of fused-ring (bicyclic) bond motifs is 9. The molecule has 0 radical (unpaired) electrons. The van der Waals surface area contributed by atoms with Gasteiger partial charge in [-0.05, 0) is 76.9 Å². The first-order valence-corrected chi connectivity index (χ1v) is 15.7. The fraction of sp³-hybridized carbons (Fsp3) is 0. The van der Waals surface area contributed by atoms with Crippen LogP contribution in [0.5, 0.6) is 0 Å². The maximum absolute atomic E-state index is 13.9. The molecule has 0 N–H and O–H groups in total. The molecule has 0 aliphatic carbocycles. The van der Waals surface area contributed by atoms with E-state index in [1.807, 2.05) is 60.7 Å². The Balaban J connectivity index is 1.17. The van der Waals surface area contributed by atoms with E-state index in [2.05, 4.69) is 95.6 Å². The minimum absolute atomic E-state index is 0.348. The molecule has 0 spiro atoms. The summed E-state index contributed by atoms with van der Waals surface area (Å²) in [4.78, 5) is 13.9. The first-order valence-electron chi connectivity index (χ1n) is 15.7. The Morgan fingerprint density at radius 3 is 1.96 bits per heavy atom. The molecule has 0 fully saturated rings. The molecule has 0 aliphatic heterocycles. The normalized spacial score (nSPS) is 11.9. The average Bonchev–Trinajstić information content (AvgIpc) is 3.67. The van der Waals surface area contributed by atoms with Gasteiger partial charge in [-0.15, -0.1) is 0 Å². The topological polar surface area (TPSA) is 48.3 Å². The second-order valence-electron chi connectivity index (χ2n) is 12.0. The lowest BCUT2D eigenvalue weighted by atomic mass is 9.95. The van der Waals surface area contributed by atoms with E-state index in [1.165, 1.54) is 5.39 Å². The zero-order chi connectivity index (χ0) is 31.1. The molecule has 0 saturated heterocycles. The molecule has 7 aromatic carbocycles. The summed E-state index contributed by atoms with van der Waals surface area (Å²) in [6, 6.07) is 51.7. The number of para-hydroxylation sites is 3. The Labute approximate surface area is 268 Å². The van der Waals surface area contributed by atoms with Gasteiger partial charge in [0.05, 0.1) is 16.4 Å². The number of rotatable bonds is 3. The fourth-order valence-electron chi connectivity index (χ4n) is 7.40. The Hall–Kier alpha value is -6.39. The zero-order valence-electron chi connectivity index (χ0n) is 25.1. The standard InChI is InChI=1S/C43H25NO3/c45-43-42-30(26-21-23-37-35(24-26)31-12-4-6-17-36(31)44(37)28-10-2-1-3-11-28)14-8-16-33(42)32-22-20-27(25-40(32)47-43)29-15-9-19-39-41(29)34-13-5-7-18-38(34)46-39/h1-25H. The third-order valence-corrected chi connectivity index (χ3v) is 9.45. The van der Waals surface area contributed by atoms with Crippen molar-refractivity contribution in [2.45, 2.75) is 0 Å². The highest BCUT2D eigenvalue weighted by atomic mass is 16.4. The van der Waals surface area contributed by atoms with Crippen LogP contribution in [0.2, 0.25) is 0 Å². The summed E-state index contributed by atoms with van der Waals surface area (Å²) >= 11 is 0. The second kappa shape index (κ2) is 9.80. The fourth-order valence-corrected chi connectivity index (χ4v) is 7.40. The average molecular weight is 604 g/mol. The van der Waals surface area contributed by atoms with Crippen molar-refractivity contribution in [1.29, 1.82) is 0 Å². The van der Waals surface area contributed by atoms with Crippen LogP contribution in [0.25, 0.3) is 93.4 Å². The smallest absolute Gasteiger partial charge is 0.344 e. The lowest BCUT2D eigenvalue weighted by molar-refractivity contribution is 0.570. The SMILES string of the molecule is O=c1oc2cc(-c3cccc4oc5ccccc5c34)ccc2c2cccc(-c3ccc4c(c3)c3ccccc3n4-c3ccccc3)c12. The molecule has 10 rings (SSSR count). The zero-order valence-corrected chi connectivity index (χ0v) is 25.1. The van der Waals surface area contributed by atoms with Gasteiger partial charge in [0.1, 0.15) is 16.7 Å². The molecule has 3 aromatic heterocycles. The summed E-state index contributed by atoms with van der Waals surface area (Å²) in [7, 11) is 0. The van der Waals surface area contributed by atoms with Gasteiger partial charge in [0.25, 0.3) is 0 Å². The number of nitrogens with zero attached hydrogens (tertiary/aromatic N) is 1. The second-order valence-corrected chi connectivity index (χ2v) is 12.0. The van der Waals surface area contributed by atoms with Crippen molar-refractivity contribution in [3.63, 3.8) is 0 Å². The Morgan fingerprint density at radius 2 is 1.06 bits per heavy atom. The van der Waals surface area contributed by atoms with Crippen LogP contribution in [-0.4, -0.2) is 4.57 Å². The van der Waals surface area contributed by atoms with E-state index in [0.29, 0.717) is 11.0 Å². The van der Waals surface area contributed by atoms with Gasteiger partial charge >= 0.3 is 5.63 Å². The van der Waals surface area contributed by atoms with E-state index in [4.69, 9.17) is 8.83 Å². The predicted molar refractivity (Wildman–Crippen MR) is 192 cm³/mol. The van der Waals surface area contributed by atoms with Crippen molar-refractivity contribution in [2.24, 2.45) is 0 Å². The van der Waals surface area contributed by atoms with Gasteiger partial charge in [-0.25, -0.2) is 4.79 Å². The Bertz CT molecular complexity index is 2930. The van der Waals surface area contributed by atoms with E-state index >= 15 is 0 Å². The molecule has 0 aliphatic rings. The van der Waals surface area contributed by atoms with Gasteiger partial charge in [0, 0.05) is 38.0 Å². The van der Waals surface area contributed by atoms with Crippen LogP contribution in [0, 0.1) is 0 Å². The number of hydrogen-bond donors (Lipinski definition) is 0. The number of aromatic nitrogens is 1. The summed E-state index contributed by atoms with van der Waals surface area (Å²) in [5, 5.41) is 6.77. The van der Waals surface area contributed by atoms with Crippen LogP contribution < -0.4 is 5.63 Å². The maximum Gasteiger partial charge on any atom is 0.344 e. The minimum Gasteiger partial charge on any atom is -0.456 e. The number of benzene rings is 7. The molecule has 0 amide bonds. The third kappa shape index (κ3) is 3.79. The largest absolute Gasteiger partial charge is 0.456 e. The Morgan fingerprint density at radius 1 is 0.404 bits per heavy atom. The summed E-state index contributed by atoms with van der Waals surface area (Å²) in [5.74, 6) is 0. The van der Waals surface area contributed by atoms with Crippen molar-refractivity contribution in [3.8, 4) is 27.9 Å². The van der Waals surface area contributed by atoms with Crippen molar-refractivity contribution in [2.75, 3.05) is 0 Å². The molecule has 10 aromatic rings. The van der Waals surface area contributed by atoms with Crippen molar-refractivity contribution < 1.29 is 8.83 Å². The van der Waals surface area contributed by atoms with Crippen LogP contribution in [-0.2, 0) is 0 Å². The van der Waals surface area contributed by atoms with Crippen LogP contribution >= 0.6 is 0 Å². The molecule has 220 valence electrons. The first-order chi connectivity index (χ1) is 23.2. The third-order valence-electron chi connectivity index (χ3n) is 9.45. The van der Waals surface area contributed by atoms with E-state index in [0.717, 1.165) is 77.1 Å². The number of furan rings is 1. The quantitative estimate of drug-likeness (QED) is 0.149. The molecule has 4 heteroatoms. The summed E-state index contributed by atoms with van der Waals surface area (Å²) in [6.07, 6.45) is 0. The van der Waals surface area contributed by atoms with Crippen molar-refractivity contribution in [1.82, 2.24) is 4.57 Å². The highest BCUT2D eigenvalue weighted by molar-refractivity contribution is 6.15. The van der Waals surface area contributed by atoms with Crippen LogP contribution in [0.1, 0.15) is 0 Å². The lowest BCUT2D eigenvalue weighted by Gasteiger charge is -2.11. The van der Waals surface area contributed by atoms with E-state index < -0.39 is 0 Å². The van der Waals surface area contributed by atoms with Crippen LogP contribution in [0.4, 0.5) is 0 Å². The molecule has 0 atom stereocenters. The highest BCUT2D eigenvalue weighted by Gasteiger charge is 2.18.